The van der Waals surface area contributed by atoms with Crippen LogP contribution in [-0.4, -0.2) is 10.9 Å². The Morgan fingerprint density at radius 3 is 2.91 bits per heavy atom. The normalized spacial score (nSPS) is 11.1. The minimum atomic E-state index is -0.424. The van der Waals surface area contributed by atoms with Gasteiger partial charge in [0.15, 0.2) is 0 Å². The van der Waals surface area contributed by atoms with Gasteiger partial charge in [-0.1, -0.05) is 12.1 Å². The van der Waals surface area contributed by atoms with Crippen LogP contribution in [0.1, 0.15) is 4.88 Å². The highest BCUT2D eigenvalue weighted by atomic mass is 32.1. The van der Waals surface area contributed by atoms with Gasteiger partial charge < -0.3 is 5.32 Å². The summed E-state index contributed by atoms with van der Waals surface area (Å²) in [4.78, 5) is 17.4. The molecule has 0 saturated heterocycles. The van der Waals surface area contributed by atoms with E-state index in [1.165, 1.54) is 11.3 Å². The number of thiophene rings is 1. The molecule has 0 fully saturated rings. The Labute approximate surface area is 131 Å². The Morgan fingerprint density at radius 2 is 2.14 bits per heavy atom. The highest BCUT2D eigenvalue weighted by Gasteiger charge is 2.11. The van der Waals surface area contributed by atoms with E-state index in [9.17, 15) is 10.1 Å². The van der Waals surface area contributed by atoms with Gasteiger partial charge in [-0.25, -0.2) is 0 Å². The lowest BCUT2D eigenvalue weighted by atomic mass is 10.1. The molecular formula is C17H11N3OS. The Balaban J connectivity index is 1.91. The van der Waals surface area contributed by atoms with E-state index < -0.39 is 5.91 Å². The summed E-state index contributed by atoms with van der Waals surface area (Å²) < 4.78 is 0. The van der Waals surface area contributed by atoms with E-state index in [2.05, 4.69) is 10.3 Å². The molecule has 1 amide bonds. The average molecular weight is 305 g/mol. The van der Waals surface area contributed by atoms with Gasteiger partial charge in [0, 0.05) is 16.5 Å². The second kappa shape index (κ2) is 6.20. The molecule has 0 spiro atoms. The maximum Gasteiger partial charge on any atom is 0.266 e. The van der Waals surface area contributed by atoms with Crippen molar-refractivity contribution in [1.29, 1.82) is 5.26 Å². The molecule has 4 nitrogen and oxygen atoms in total. The van der Waals surface area contributed by atoms with E-state index >= 15 is 0 Å². The van der Waals surface area contributed by atoms with Gasteiger partial charge in [-0.2, -0.15) is 5.26 Å². The minimum Gasteiger partial charge on any atom is -0.321 e. The Hall–Kier alpha value is -2.97. The van der Waals surface area contributed by atoms with Crippen molar-refractivity contribution in [2.75, 3.05) is 5.32 Å². The third-order valence-electron chi connectivity index (χ3n) is 3.09. The lowest BCUT2D eigenvalue weighted by molar-refractivity contribution is -0.112. The molecule has 2 aromatic heterocycles. The number of carbonyl (C=O) groups excluding carboxylic acids is 1. The minimum absolute atomic E-state index is 0.0725. The van der Waals surface area contributed by atoms with E-state index in [0.29, 0.717) is 5.69 Å². The van der Waals surface area contributed by atoms with Crippen LogP contribution >= 0.6 is 11.3 Å². The number of nitrogens with one attached hydrogen (secondary N) is 1. The predicted molar refractivity (Wildman–Crippen MR) is 88.3 cm³/mol. The molecule has 2 heterocycles. The second-order valence-corrected chi connectivity index (χ2v) is 5.49. The first-order valence-corrected chi connectivity index (χ1v) is 7.46. The molecule has 0 atom stereocenters. The number of amides is 1. The van der Waals surface area contributed by atoms with Crippen LogP contribution in [0.25, 0.3) is 17.0 Å². The Bertz CT molecular complexity index is 886. The maximum absolute atomic E-state index is 12.3. The molecule has 0 aliphatic rings. The zero-order valence-electron chi connectivity index (χ0n) is 11.5. The molecule has 0 aliphatic heterocycles. The maximum atomic E-state index is 12.3. The number of fused-ring (bicyclic) bond motifs is 1. The van der Waals surface area contributed by atoms with Crippen LogP contribution in [0.3, 0.4) is 0 Å². The Kier molecular flexibility index (Phi) is 3.95. The van der Waals surface area contributed by atoms with E-state index in [-0.39, 0.29) is 5.57 Å². The summed E-state index contributed by atoms with van der Waals surface area (Å²) in [6.07, 6.45) is 3.29. The number of nitriles is 1. The van der Waals surface area contributed by atoms with E-state index in [1.54, 1.807) is 18.3 Å². The largest absolute Gasteiger partial charge is 0.321 e. The molecule has 3 aromatic rings. The molecule has 0 unspecified atom stereocenters. The summed E-state index contributed by atoms with van der Waals surface area (Å²) in [7, 11) is 0. The van der Waals surface area contributed by atoms with Crippen LogP contribution in [0.15, 0.2) is 59.6 Å². The predicted octanol–water partition coefficient (Wildman–Crippen LogP) is 3.84. The third-order valence-corrected chi connectivity index (χ3v) is 3.91. The van der Waals surface area contributed by atoms with Gasteiger partial charge in [0.05, 0.1) is 11.2 Å². The lowest BCUT2D eigenvalue weighted by Crippen LogP contribution is -2.13. The molecule has 106 valence electrons. The van der Waals surface area contributed by atoms with Crippen LogP contribution in [0.5, 0.6) is 0 Å². The fraction of sp³-hybridized carbons (Fsp3) is 0. The number of nitrogens with zero attached hydrogens (tertiary/aromatic N) is 2. The molecule has 0 aliphatic carbocycles. The van der Waals surface area contributed by atoms with Crippen molar-refractivity contribution in [3.63, 3.8) is 0 Å². The van der Waals surface area contributed by atoms with Crippen molar-refractivity contribution >= 4 is 39.9 Å². The van der Waals surface area contributed by atoms with Crippen LogP contribution in [0, 0.1) is 11.3 Å². The standard InChI is InChI=1S/C17H11N3OS/c18-11-12(10-13-4-3-9-22-13)17(21)20-16-7-1-6-15-14(16)5-2-8-19-15/h1-10H,(H,20,21)/b12-10+. The SMILES string of the molecule is N#C/C(=C\c1cccs1)C(=O)Nc1cccc2ncccc12. The van der Waals surface area contributed by atoms with Crippen LogP contribution in [0.4, 0.5) is 5.69 Å². The number of pyridine rings is 1. The zero-order chi connectivity index (χ0) is 15.4. The summed E-state index contributed by atoms with van der Waals surface area (Å²) in [5, 5.41) is 14.7. The number of carbonyl (C=O) groups is 1. The lowest BCUT2D eigenvalue weighted by Gasteiger charge is -2.07. The number of aromatic nitrogens is 1. The molecule has 5 heteroatoms. The van der Waals surface area contributed by atoms with E-state index in [0.717, 1.165) is 15.8 Å². The highest BCUT2D eigenvalue weighted by molar-refractivity contribution is 7.10. The summed E-state index contributed by atoms with van der Waals surface area (Å²) in [5.41, 5.74) is 1.51. The molecule has 0 radical (unpaired) electrons. The fourth-order valence-electron chi connectivity index (χ4n) is 2.07. The van der Waals surface area contributed by atoms with Gasteiger partial charge in [0.25, 0.3) is 5.91 Å². The van der Waals surface area contributed by atoms with Gasteiger partial charge in [-0.15, -0.1) is 11.3 Å². The second-order valence-electron chi connectivity index (χ2n) is 4.52. The van der Waals surface area contributed by atoms with Crippen molar-refractivity contribution in [2.45, 2.75) is 0 Å². The topological polar surface area (TPSA) is 65.8 Å². The van der Waals surface area contributed by atoms with Gasteiger partial charge in [0.2, 0.25) is 0 Å². The molecule has 1 aromatic carbocycles. The number of anilines is 1. The molecular weight excluding hydrogens is 294 g/mol. The van der Waals surface area contributed by atoms with E-state index in [4.69, 9.17) is 0 Å². The van der Waals surface area contributed by atoms with Crippen molar-refractivity contribution in [3.8, 4) is 6.07 Å². The smallest absolute Gasteiger partial charge is 0.266 e. The summed E-state index contributed by atoms with van der Waals surface area (Å²) in [6.45, 7) is 0. The molecule has 1 N–H and O–H groups in total. The third kappa shape index (κ3) is 2.87. The summed E-state index contributed by atoms with van der Waals surface area (Å²) in [6, 6.07) is 14.9. The van der Waals surface area contributed by atoms with Gasteiger partial charge in [-0.05, 0) is 41.8 Å². The number of hydrogen-bond donors (Lipinski definition) is 1. The van der Waals surface area contributed by atoms with Crippen LogP contribution < -0.4 is 5.32 Å². The Morgan fingerprint density at radius 1 is 1.23 bits per heavy atom. The van der Waals surface area contributed by atoms with Crippen molar-refractivity contribution < 1.29 is 4.79 Å². The van der Waals surface area contributed by atoms with Gasteiger partial charge >= 0.3 is 0 Å². The molecule has 22 heavy (non-hydrogen) atoms. The first-order valence-electron chi connectivity index (χ1n) is 6.58. The first-order chi connectivity index (χ1) is 10.8. The first kappa shape index (κ1) is 14.0. The van der Waals surface area contributed by atoms with E-state index in [1.807, 2.05) is 47.8 Å². The molecule has 0 bridgehead atoms. The summed E-state index contributed by atoms with van der Waals surface area (Å²) >= 11 is 1.48. The quantitative estimate of drug-likeness (QED) is 0.590. The fourth-order valence-corrected chi connectivity index (χ4v) is 2.72. The van der Waals surface area contributed by atoms with Crippen LogP contribution in [0.2, 0.25) is 0 Å². The highest BCUT2D eigenvalue weighted by Crippen LogP contribution is 2.22. The van der Waals surface area contributed by atoms with Gasteiger partial charge in [-0.3, -0.25) is 9.78 Å². The van der Waals surface area contributed by atoms with Crippen molar-refractivity contribution in [2.24, 2.45) is 0 Å². The zero-order valence-corrected chi connectivity index (χ0v) is 12.3. The van der Waals surface area contributed by atoms with Gasteiger partial charge in [0.1, 0.15) is 11.6 Å². The van der Waals surface area contributed by atoms with Crippen LogP contribution in [-0.2, 0) is 4.79 Å². The molecule has 0 saturated carbocycles. The van der Waals surface area contributed by atoms with Crippen molar-refractivity contribution in [3.05, 3.63) is 64.5 Å². The molecule has 3 rings (SSSR count). The average Bonchev–Trinajstić information content (AvgIpc) is 3.06. The summed E-state index contributed by atoms with van der Waals surface area (Å²) in [5.74, 6) is -0.424. The number of hydrogen-bond acceptors (Lipinski definition) is 4. The number of benzene rings is 1. The van der Waals surface area contributed by atoms with Crippen molar-refractivity contribution in [1.82, 2.24) is 4.98 Å². The monoisotopic (exact) mass is 305 g/mol. The number of rotatable bonds is 3.